The summed E-state index contributed by atoms with van der Waals surface area (Å²) in [7, 11) is 1.80. The van der Waals surface area contributed by atoms with Gasteiger partial charge in [-0.2, -0.15) is 0 Å². The highest BCUT2D eigenvalue weighted by atomic mass is 127. The Morgan fingerprint density at radius 3 is 2.56 bits per heavy atom. The lowest BCUT2D eigenvalue weighted by Crippen LogP contribution is -2.48. The highest BCUT2D eigenvalue weighted by Gasteiger charge is 2.38. The van der Waals surface area contributed by atoms with Gasteiger partial charge in [-0.05, 0) is 30.5 Å². The van der Waals surface area contributed by atoms with E-state index in [2.05, 4.69) is 56.2 Å². The Hall–Kier alpha value is -2.16. The topological polar surface area (TPSA) is 66.6 Å². The fraction of sp³-hybridized carbons (Fsp3) is 0.350. The first-order valence-corrected chi connectivity index (χ1v) is 9.09. The molecule has 1 fully saturated rings. The summed E-state index contributed by atoms with van der Waals surface area (Å²) in [6, 6.07) is 16.7. The summed E-state index contributed by atoms with van der Waals surface area (Å²) in [6.07, 6.45) is 5.70. The number of rotatable bonds is 5. The maximum Gasteiger partial charge on any atom is 0.191 e. The molecule has 0 saturated heterocycles. The van der Waals surface area contributed by atoms with Crippen molar-refractivity contribution in [1.29, 1.82) is 0 Å². The van der Waals surface area contributed by atoms with E-state index in [0.717, 1.165) is 24.0 Å². The van der Waals surface area contributed by atoms with Crippen molar-refractivity contribution in [2.75, 3.05) is 13.6 Å². The minimum Gasteiger partial charge on any atom is -0.356 e. The molecule has 1 aromatic carbocycles. The summed E-state index contributed by atoms with van der Waals surface area (Å²) in [6.45, 7) is 1.46. The van der Waals surface area contributed by atoms with Gasteiger partial charge in [-0.25, -0.2) is 0 Å². The van der Waals surface area contributed by atoms with Crippen molar-refractivity contribution in [3.8, 4) is 0 Å². The molecule has 0 spiro atoms. The van der Waals surface area contributed by atoms with Crippen molar-refractivity contribution in [2.45, 2.75) is 31.2 Å². The van der Waals surface area contributed by atoms with E-state index >= 15 is 0 Å². The third-order valence-corrected chi connectivity index (χ3v) is 5.31. The first-order valence-electron chi connectivity index (χ1n) is 9.09. The number of nitrogens with one attached hydrogen (secondary N) is 2. The lowest BCUT2D eigenvalue weighted by molar-refractivity contribution is 0.244. The SMILES string of the molecule is CN=C(NCc1nnc2ccccn12)NCC1(c2ccccc2)CCC1.I. The van der Waals surface area contributed by atoms with Gasteiger partial charge in [0, 0.05) is 25.2 Å². The smallest absolute Gasteiger partial charge is 0.191 e. The van der Waals surface area contributed by atoms with E-state index in [-0.39, 0.29) is 29.4 Å². The van der Waals surface area contributed by atoms with E-state index in [1.54, 1.807) is 7.05 Å². The number of guanidine groups is 1. The fourth-order valence-electron chi connectivity index (χ4n) is 3.61. The van der Waals surface area contributed by atoms with Crippen molar-refractivity contribution in [3.63, 3.8) is 0 Å². The highest BCUT2D eigenvalue weighted by Crippen LogP contribution is 2.43. The largest absolute Gasteiger partial charge is 0.356 e. The average molecular weight is 476 g/mol. The summed E-state index contributed by atoms with van der Waals surface area (Å²) in [5, 5.41) is 15.3. The lowest BCUT2D eigenvalue weighted by Gasteiger charge is -2.43. The first-order chi connectivity index (χ1) is 12.8. The van der Waals surface area contributed by atoms with Crippen molar-refractivity contribution < 1.29 is 0 Å². The minimum atomic E-state index is 0. The molecule has 2 heterocycles. The highest BCUT2D eigenvalue weighted by molar-refractivity contribution is 14.0. The summed E-state index contributed by atoms with van der Waals surface area (Å²) in [5.41, 5.74) is 2.49. The van der Waals surface area contributed by atoms with Crippen LogP contribution < -0.4 is 10.6 Å². The third kappa shape index (κ3) is 4.07. The second kappa shape index (κ2) is 8.69. The summed E-state index contributed by atoms with van der Waals surface area (Å²) in [4.78, 5) is 4.36. The van der Waals surface area contributed by atoms with Crippen molar-refractivity contribution in [2.24, 2.45) is 4.99 Å². The number of aliphatic imine (C=N–C) groups is 1. The molecule has 142 valence electrons. The van der Waals surface area contributed by atoms with Crippen LogP contribution in [0.3, 0.4) is 0 Å². The van der Waals surface area contributed by atoms with Gasteiger partial charge >= 0.3 is 0 Å². The van der Waals surface area contributed by atoms with Crippen molar-refractivity contribution in [1.82, 2.24) is 25.2 Å². The van der Waals surface area contributed by atoms with E-state index < -0.39 is 0 Å². The molecule has 4 rings (SSSR count). The average Bonchev–Trinajstić information content (AvgIpc) is 3.07. The Bertz CT molecular complexity index is 901. The Balaban J connectivity index is 0.00000210. The predicted octanol–water partition coefficient (Wildman–Crippen LogP) is 3.13. The quantitative estimate of drug-likeness (QED) is 0.338. The Morgan fingerprint density at radius 1 is 1.07 bits per heavy atom. The van der Waals surface area contributed by atoms with Gasteiger partial charge < -0.3 is 10.6 Å². The van der Waals surface area contributed by atoms with Gasteiger partial charge in [-0.1, -0.05) is 42.8 Å². The number of benzene rings is 1. The van der Waals surface area contributed by atoms with Gasteiger partial charge in [0.1, 0.15) is 0 Å². The number of nitrogens with zero attached hydrogens (tertiary/aromatic N) is 4. The fourth-order valence-corrected chi connectivity index (χ4v) is 3.61. The van der Waals surface area contributed by atoms with Crippen molar-refractivity contribution >= 4 is 35.6 Å². The Labute approximate surface area is 176 Å². The van der Waals surface area contributed by atoms with E-state index in [4.69, 9.17) is 0 Å². The molecule has 1 aliphatic rings. The van der Waals surface area contributed by atoms with E-state index in [1.165, 1.54) is 24.8 Å². The Morgan fingerprint density at radius 2 is 1.85 bits per heavy atom. The molecule has 3 aromatic rings. The van der Waals surface area contributed by atoms with Gasteiger partial charge in [0.15, 0.2) is 17.4 Å². The molecule has 0 aliphatic heterocycles. The lowest BCUT2D eigenvalue weighted by atomic mass is 9.64. The second-order valence-corrected chi connectivity index (χ2v) is 6.82. The standard InChI is InChI=1S/C20H24N6.HI/c1-21-19(22-14-18-25-24-17-10-5-6-13-26(17)18)23-15-20(11-7-12-20)16-8-3-2-4-9-16;/h2-6,8-10,13H,7,11-12,14-15H2,1H3,(H2,21,22,23);1H. The molecule has 6 nitrogen and oxygen atoms in total. The molecule has 0 atom stereocenters. The molecule has 1 aliphatic carbocycles. The van der Waals surface area contributed by atoms with E-state index in [9.17, 15) is 0 Å². The zero-order valence-corrected chi connectivity index (χ0v) is 17.8. The molecular weight excluding hydrogens is 451 g/mol. The van der Waals surface area contributed by atoms with Crippen LogP contribution in [0.5, 0.6) is 0 Å². The van der Waals surface area contributed by atoms with Gasteiger partial charge in [-0.15, -0.1) is 34.2 Å². The maximum atomic E-state index is 4.36. The summed E-state index contributed by atoms with van der Waals surface area (Å²) in [5.74, 6) is 1.66. The van der Waals surface area contributed by atoms with Gasteiger partial charge in [0.05, 0.1) is 6.54 Å². The molecule has 0 radical (unpaired) electrons. The monoisotopic (exact) mass is 476 g/mol. The maximum absolute atomic E-state index is 4.36. The molecule has 1 saturated carbocycles. The van der Waals surface area contributed by atoms with Crippen LogP contribution in [-0.2, 0) is 12.0 Å². The van der Waals surface area contributed by atoms with Crippen LogP contribution in [0.4, 0.5) is 0 Å². The normalized spacial score (nSPS) is 15.7. The second-order valence-electron chi connectivity index (χ2n) is 6.82. The van der Waals surface area contributed by atoms with Gasteiger partial charge in [0.2, 0.25) is 0 Å². The number of halogens is 1. The molecule has 2 N–H and O–H groups in total. The van der Waals surface area contributed by atoms with Gasteiger partial charge in [0.25, 0.3) is 0 Å². The van der Waals surface area contributed by atoms with Crippen LogP contribution in [0.15, 0.2) is 59.7 Å². The summed E-state index contributed by atoms with van der Waals surface area (Å²) < 4.78 is 1.98. The molecule has 0 amide bonds. The summed E-state index contributed by atoms with van der Waals surface area (Å²) >= 11 is 0. The molecular formula is C20H25IN6. The molecule has 0 bridgehead atoms. The van der Waals surface area contributed by atoms with Crippen molar-refractivity contribution in [3.05, 3.63) is 66.1 Å². The molecule has 2 aromatic heterocycles. The first kappa shape index (κ1) is 19.6. The van der Waals surface area contributed by atoms with Crippen LogP contribution in [-0.4, -0.2) is 34.2 Å². The van der Waals surface area contributed by atoms with Crippen LogP contribution in [0.1, 0.15) is 30.7 Å². The zero-order chi connectivity index (χ0) is 17.8. The van der Waals surface area contributed by atoms with E-state index in [1.807, 2.05) is 28.8 Å². The van der Waals surface area contributed by atoms with Crippen LogP contribution in [0, 0.1) is 0 Å². The Kier molecular flexibility index (Phi) is 6.30. The number of hydrogen-bond acceptors (Lipinski definition) is 3. The number of pyridine rings is 1. The number of fused-ring (bicyclic) bond motifs is 1. The van der Waals surface area contributed by atoms with Gasteiger partial charge in [-0.3, -0.25) is 9.39 Å². The number of hydrogen-bond donors (Lipinski definition) is 2. The van der Waals surface area contributed by atoms with Crippen LogP contribution in [0.2, 0.25) is 0 Å². The van der Waals surface area contributed by atoms with Crippen LogP contribution in [0.25, 0.3) is 5.65 Å². The van der Waals surface area contributed by atoms with Crippen LogP contribution >= 0.6 is 24.0 Å². The number of aromatic nitrogens is 3. The molecule has 27 heavy (non-hydrogen) atoms. The zero-order valence-electron chi connectivity index (χ0n) is 15.4. The molecule has 0 unspecified atom stereocenters. The van der Waals surface area contributed by atoms with E-state index in [0.29, 0.717) is 6.54 Å². The predicted molar refractivity (Wildman–Crippen MR) is 119 cm³/mol. The third-order valence-electron chi connectivity index (χ3n) is 5.31. The molecule has 7 heteroatoms. The minimum absolute atomic E-state index is 0.